The van der Waals surface area contributed by atoms with Gasteiger partial charge in [-0.1, -0.05) is 45.9 Å². The van der Waals surface area contributed by atoms with E-state index in [1.54, 1.807) is 12.1 Å². The molecule has 0 bridgehead atoms. The van der Waals surface area contributed by atoms with Crippen molar-refractivity contribution in [1.29, 1.82) is 0 Å². The second-order valence-electron chi connectivity index (χ2n) is 6.14. The summed E-state index contributed by atoms with van der Waals surface area (Å²) in [5.74, 6) is 1.02. The largest absolute Gasteiger partial charge is 0.339 e. The number of nitrogens with one attached hydrogen (secondary N) is 2. The van der Waals surface area contributed by atoms with Crippen molar-refractivity contribution in [1.82, 2.24) is 10.2 Å². The summed E-state index contributed by atoms with van der Waals surface area (Å²) < 4.78 is 0. The number of carbonyl (C=O) groups excluding carboxylic acids is 1. The van der Waals surface area contributed by atoms with Crippen molar-refractivity contribution in [2.75, 3.05) is 10.6 Å². The minimum Gasteiger partial charge on any atom is -0.339 e. The summed E-state index contributed by atoms with van der Waals surface area (Å²) in [4.78, 5) is 11.9. The molecule has 1 aromatic heterocycles. The van der Waals surface area contributed by atoms with Gasteiger partial charge in [0.1, 0.15) is 0 Å². The molecule has 0 unspecified atom stereocenters. The Labute approximate surface area is 131 Å². The zero-order valence-electron chi connectivity index (χ0n) is 13.5. The molecule has 1 amide bonds. The number of anilines is 3. The molecule has 0 saturated carbocycles. The Hall–Kier alpha value is -2.43. The van der Waals surface area contributed by atoms with Gasteiger partial charge < -0.3 is 10.6 Å². The van der Waals surface area contributed by atoms with E-state index in [0.717, 1.165) is 12.1 Å². The van der Waals surface area contributed by atoms with Gasteiger partial charge in [-0.25, -0.2) is 0 Å². The van der Waals surface area contributed by atoms with Gasteiger partial charge in [0.05, 0.1) is 0 Å². The quantitative estimate of drug-likeness (QED) is 0.901. The predicted molar refractivity (Wildman–Crippen MR) is 89.2 cm³/mol. The highest BCUT2D eigenvalue weighted by Gasteiger charge is 2.21. The van der Waals surface area contributed by atoms with Gasteiger partial charge in [0.2, 0.25) is 5.91 Å². The van der Waals surface area contributed by atoms with Crippen molar-refractivity contribution in [3.05, 3.63) is 42.0 Å². The van der Waals surface area contributed by atoms with Crippen molar-refractivity contribution in [2.24, 2.45) is 5.41 Å². The molecule has 2 aromatic rings. The molecule has 5 heteroatoms. The van der Waals surface area contributed by atoms with E-state index in [1.807, 2.05) is 39.0 Å². The lowest BCUT2D eigenvalue weighted by Gasteiger charge is -2.17. The van der Waals surface area contributed by atoms with Crippen molar-refractivity contribution >= 4 is 23.2 Å². The molecule has 5 nitrogen and oxygen atoms in total. The molecular weight excluding hydrogens is 276 g/mol. The molecule has 0 radical (unpaired) electrons. The number of nitrogens with zero attached hydrogens (tertiary/aromatic N) is 2. The van der Waals surface area contributed by atoms with Crippen LogP contribution in [0, 0.1) is 5.41 Å². The van der Waals surface area contributed by atoms with E-state index in [1.165, 1.54) is 5.56 Å². The van der Waals surface area contributed by atoms with Crippen LogP contribution < -0.4 is 10.6 Å². The lowest BCUT2D eigenvalue weighted by Crippen LogP contribution is -2.28. The second-order valence-corrected chi connectivity index (χ2v) is 6.14. The molecule has 0 atom stereocenters. The smallest absolute Gasteiger partial charge is 0.230 e. The van der Waals surface area contributed by atoms with Gasteiger partial charge in [0.15, 0.2) is 11.6 Å². The van der Waals surface area contributed by atoms with Crippen molar-refractivity contribution < 1.29 is 4.79 Å². The number of para-hydroxylation sites is 1. The molecule has 22 heavy (non-hydrogen) atoms. The number of hydrogen-bond donors (Lipinski definition) is 2. The maximum Gasteiger partial charge on any atom is 0.230 e. The monoisotopic (exact) mass is 298 g/mol. The van der Waals surface area contributed by atoms with Gasteiger partial charge >= 0.3 is 0 Å². The Balaban J connectivity index is 2.08. The van der Waals surface area contributed by atoms with Gasteiger partial charge in [-0.3, -0.25) is 4.79 Å². The zero-order valence-corrected chi connectivity index (χ0v) is 13.5. The first-order valence-corrected chi connectivity index (χ1v) is 7.40. The molecule has 0 fully saturated rings. The highest BCUT2D eigenvalue weighted by molar-refractivity contribution is 5.93. The topological polar surface area (TPSA) is 66.9 Å². The molecule has 0 aliphatic heterocycles. The lowest BCUT2D eigenvalue weighted by atomic mass is 9.96. The third kappa shape index (κ3) is 4.04. The lowest BCUT2D eigenvalue weighted by molar-refractivity contribution is -0.123. The number of aromatic nitrogens is 2. The highest BCUT2D eigenvalue weighted by Crippen LogP contribution is 2.20. The molecular formula is C17H22N4O. The van der Waals surface area contributed by atoms with Gasteiger partial charge in [0, 0.05) is 11.1 Å². The number of carbonyl (C=O) groups is 1. The second kappa shape index (κ2) is 6.56. The van der Waals surface area contributed by atoms with Gasteiger partial charge in [-0.05, 0) is 30.2 Å². The summed E-state index contributed by atoms with van der Waals surface area (Å²) in [6.45, 7) is 7.67. The van der Waals surface area contributed by atoms with Crippen LogP contribution >= 0.6 is 0 Å². The maximum absolute atomic E-state index is 11.9. The summed E-state index contributed by atoms with van der Waals surface area (Å²) >= 11 is 0. The van der Waals surface area contributed by atoms with Crippen LogP contribution in [0.5, 0.6) is 0 Å². The van der Waals surface area contributed by atoms with Crippen LogP contribution in [0.3, 0.4) is 0 Å². The van der Waals surface area contributed by atoms with E-state index in [9.17, 15) is 4.79 Å². The van der Waals surface area contributed by atoms with Crippen molar-refractivity contribution in [3.8, 4) is 0 Å². The zero-order chi connectivity index (χ0) is 16.2. The average molecular weight is 298 g/mol. The number of hydrogen-bond acceptors (Lipinski definition) is 4. The van der Waals surface area contributed by atoms with Crippen LogP contribution in [-0.4, -0.2) is 16.1 Å². The van der Waals surface area contributed by atoms with Crippen molar-refractivity contribution in [3.63, 3.8) is 0 Å². The minimum atomic E-state index is -0.460. The minimum absolute atomic E-state index is 0.0844. The third-order valence-electron chi connectivity index (χ3n) is 3.25. The number of benzene rings is 1. The van der Waals surface area contributed by atoms with Crippen LogP contribution in [0.4, 0.5) is 17.3 Å². The molecule has 0 aliphatic carbocycles. The SMILES string of the molecule is CCc1ccccc1Nc1ccc(NC(=O)C(C)(C)C)nn1. The van der Waals surface area contributed by atoms with E-state index in [4.69, 9.17) is 0 Å². The molecule has 2 N–H and O–H groups in total. The van der Waals surface area contributed by atoms with E-state index in [-0.39, 0.29) is 5.91 Å². The number of aryl methyl sites for hydroxylation is 1. The number of amides is 1. The summed E-state index contributed by atoms with van der Waals surface area (Å²) in [6, 6.07) is 11.6. The normalized spacial score (nSPS) is 11.1. The fraction of sp³-hybridized carbons (Fsp3) is 0.353. The average Bonchev–Trinajstić information content (AvgIpc) is 2.49. The first kappa shape index (κ1) is 15.9. The Morgan fingerprint density at radius 2 is 1.68 bits per heavy atom. The Morgan fingerprint density at radius 3 is 2.27 bits per heavy atom. The molecule has 0 saturated heterocycles. The molecule has 0 aliphatic rings. The summed E-state index contributed by atoms with van der Waals surface area (Å²) in [5, 5.41) is 14.2. The number of rotatable bonds is 4. The predicted octanol–water partition coefficient (Wildman–Crippen LogP) is 3.77. The Morgan fingerprint density at radius 1 is 1.05 bits per heavy atom. The first-order chi connectivity index (χ1) is 10.4. The summed E-state index contributed by atoms with van der Waals surface area (Å²) in [7, 11) is 0. The van der Waals surface area contributed by atoms with Gasteiger partial charge in [-0.15, -0.1) is 10.2 Å². The van der Waals surface area contributed by atoms with Crippen LogP contribution in [0.25, 0.3) is 0 Å². The molecule has 1 heterocycles. The maximum atomic E-state index is 11.9. The molecule has 0 spiro atoms. The Kier molecular flexibility index (Phi) is 4.75. The molecule has 116 valence electrons. The standard InChI is InChI=1S/C17H22N4O/c1-5-12-8-6-7-9-13(12)18-14-10-11-15(21-20-14)19-16(22)17(2,3)4/h6-11H,5H2,1-4H3,(H,18,20)(H,19,21,22). The van der Waals surface area contributed by atoms with Crippen LogP contribution in [-0.2, 0) is 11.2 Å². The highest BCUT2D eigenvalue weighted by atomic mass is 16.2. The van der Waals surface area contributed by atoms with E-state index in [0.29, 0.717) is 11.6 Å². The molecule has 2 rings (SSSR count). The summed E-state index contributed by atoms with van der Waals surface area (Å²) in [5.41, 5.74) is 1.78. The van der Waals surface area contributed by atoms with E-state index < -0.39 is 5.41 Å². The fourth-order valence-electron chi connectivity index (χ4n) is 1.86. The summed E-state index contributed by atoms with van der Waals surface area (Å²) in [6.07, 6.45) is 0.941. The van der Waals surface area contributed by atoms with Crippen LogP contribution in [0.1, 0.15) is 33.3 Å². The fourth-order valence-corrected chi connectivity index (χ4v) is 1.86. The van der Waals surface area contributed by atoms with Crippen LogP contribution in [0.15, 0.2) is 36.4 Å². The van der Waals surface area contributed by atoms with Gasteiger partial charge in [0.25, 0.3) is 0 Å². The van der Waals surface area contributed by atoms with E-state index >= 15 is 0 Å². The van der Waals surface area contributed by atoms with Crippen molar-refractivity contribution in [2.45, 2.75) is 34.1 Å². The van der Waals surface area contributed by atoms with E-state index in [2.05, 4.69) is 33.8 Å². The van der Waals surface area contributed by atoms with Crippen LogP contribution in [0.2, 0.25) is 0 Å². The van der Waals surface area contributed by atoms with Gasteiger partial charge in [-0.2, -0.15) is 0 Å². The first-order valence-electron chi connectivity index (χ1n) is 7.40. The Bertz CT molecular complexity index is 644. The third-order valence-corrected chi connectivity index (χ3v) is 3.25. The molecule has 1 aromatic carbocycles.